The highest BCUT2D eigenvalue weighted by Crippen LogP contribution is 1.60. The van der Waals surface area contributed by atoms with Crippen molar-refractivity contribution in [3.63, 3.8) is 0 Å². The number of carbonyl (C=O) groups excluding carboxylic acids is 1. The first-order valence-corrected chi connectivity index (χ1v) is 1.96. The van der Waals surface area contributed by atoms with Gasteiger partial charge in [0.2, 0.25) is 0 Å². The molecular weight excluding hydrogens is 96.0 g/mol. The van der Waals surface area contributed by atoms with Gasteiger partial charge in [-0.1, -0.05) is 0 Å². The minimum atomic E-state index is -0.804. The minimum Gasteiger partial charge on any atom is -0.354 e. The maximum absolute atomic E-state index is 9.70. The van der Waals surface area contributed by atoms with E-state index in [0.717, 1.165) is 0 Å². The Hall–Kier alpha value is -0.770. The third-order valence-corrected chi connectivity index (χ3v) is 0.317. The molecule has 0 rings (SSSR count). The first-order valence-electron chi connectivity index (χ1n) is 1.96. The van der Waals surface area contributed by atoms with Crippen molar-refractivity contribution in [1.82, 2.24) is 5.48 Å². The topological polar surface area (TPSA) is 64.3 Å². The van der Waals surface area contributed by atoms with Crippen LogP contribution in [0.1, 0.15) is 6.92 Å². The molecule has 0 aromatic rings. The largest absolute Gasteiger partial charge is 0.423 e. The average Bonchev–Trinajstić information content (AvgIpc) is 1.61. The van der Waals surface area contributed by atoms with Gasteiger partial charge in [-0.2, -0.15) is 5.48 Å². The van der Waals surface area contributed by atoms with E-state index in [9.17, 15) is 4.79 Å². The summed E-state index contributed by atoms with van der Waals surface area (Å²) in [6.07, 6.45) is -0.804. The Morgan fingerprint density at radius 2 is 2.57 bits per heavy atom. The van der Waals surface area contributed by atoms with Gasteiger partial charge in [0, 0.05) is 6.54 Å². The van der Waals surface area contributed by atoms with Crippen molar-refractivity contribution in [2.45, 2.75) is 6.92 Å². The first kappa shape index (κ1) is 6.23. The van der Waals surface area contributed by atoms with E-state index < -0.39 is 6.09 Å². The summed E-state index contributed by atoms with van der Waals surface area (Å²) in [6.45, 7) is 2.37. The van der Waals surface area contributed by atoms with Gasteiger partial charge in [0.25, 0.3) is 0 Å². The van der Waals surface area contributed by atoms with Crippen LogP contribution in [0.4, 0.5) is 4.79 Å². The number of rotatable bonds is 2. The molecule has 0 fully saturated rings. The molecule has 0 aromatic carbocycles. The molecule has 42 valence electrons. The van der Waals surface area contributed by atoms with Crippen LogP contribution < -0.4 is 11.2 Å². The Labute approximate surface area is 41.6 Å². The summed E-state index contributed by atoms with van der Waals surface area (Å²) in [6, 6.07) is 0. The van der Waals surface area contributed by atoms with Crippen molar-refractivity contribution in [2.75, 3.05) is 6.54 Å². The smallest absolute Gasteiger partial charge is 0.354 e. The Balaban J connectivity index is 2.82. The number of amides is 1. The molecule has 0 saturated carbocycles. The first-order chi connectivity index (χ1) is 3.27. The zero-order chi connectivity index (χ0) is 5.70. The van der Waals surface area contributed by atoms with Crippen molar-refractivity contribution in [3.8, 4) is 0 Å². The summed E-state index contributed by atoms with van der Waals surface area (Å²) in [5.74, 6) is 0. The standard InChI is InChI=1S/C3H8N2O2/c1-2-5-7-3(4)6/h5H,2H2,1H3,(H2,4,6). The summed E-state index contributed by atoms with van der Waals surface area (Å²) in [5.41, 5.74) is 6.83. The molecule has 0 aliphatic carbocycles. The summed E-state index contributed by atoms with van der Waals surface area (Å²) >= 11 is 0. The molecule has 4 nitrogen and oxygen atoms in total. The number of primary amides is 1. The van der Waals surface area contributed by atoms with Gasteiger partial charge in [-0.25, -0.2) is 4.79 Å². The predicted molar refractivity (Wildman–Crippen MR) is 24.3 cm³/mol. The van der Waals surface area contributed by atoms with Crippen LogP contribution in [0, 0.1) is 0 Å². The molecule has 0 aromatic heterocycles. The third kappa shape index (κ3) is 5.23. The van der Waals surface area contributed by atoms with Crippen molar-refractivity contribution >= 4 is 6.09 Å². The Morgan fingerprint density at radius 3 is 2.71 bits per heavy atom. The van der Waals surface area contributed by atoms with Gasteiger partial charge in [0.1, 0.15) is 0 Å². The van der Waals surface area contributed by atoms with E-state index in [-0.39, 0.29) is 0 Å². The van der Waals surface area contributed by atoms with E-state index in [1.54, 1.807) is 6.92 Å². The normalized spacial score (nSPS) is 8.14. The van der Waals surface area contributed by atoms with Crippen LogP contribution in [0.2, 0.25) is 0 Å². The quantitative estimate of drug-likeness (QED) is 0.469. The highest BCUT2D eigenvalue weighted by molar-refractivity contribution is 5.64. The molecule has 0 radical (unpaired) electrons. The summed E-state index contributed by atoms with van der Waals surface area (Å²) in [7, 11) is 0. The van der Waals surface area contributed by atoms with Gasteiger partial charge in [0.05, 0.1) is 0 Å². The second-order valence-electron chi connectivity index (χ2n) is 0.919. The second kappa shape index (κ2) is 3.42. The lowest BCUT2D eigenvalue weighted by molar-refractivity contribution is 0.102. The molecule has 0 bridgehead atoms. The van der Waals surface area contributed by atoms with Crippen LogP contribution in [0.5, 0.6) is 0 Å². The third-order valence-electron chi connectivity index (χ3n) is 0.317. The maximum atomic E-state index is 9.70. The van der Waals surface area contributed by atoms with Gasteiger partial charge in [0.15, 0.2) is 0 Å². The minimum absolute atomic E-state index is 0.572. The highest BCUT2D eigenvalue weighted by atomic mass is 16.7. The van der Waals surface area contributed by atoms with Crippen molar-refractivity contribution < 1.29 is 9.63 Å². The van der Waals surface area contributed by atoms with Crippen LogP contribution >= 0.6 is 0 Å². The number of nitrogens with one attached hydrogen (secondary N) is 1. The molecule has 1 amide bonds. The SMILES string of the molecule is CCNOC(N)=O. The summed E-state index contributed by atoms with van der Waals surface area (Å²) < 4.78 is 0. The zero-order valence-corrected chi connectivity index (χ0v) is 4.10. The fourth-order valence-corrected chi connectivity index (χ4v) is 0.143. The highest BCUT2D eigenvalue weighted by Gasteiger charge is 1.85. The van der Waals surface area contributed by atoms with Crippen LogP contribution in [0.25, 0.3) is 0 Å². The fourth-order valence-electron chi connectivity index (χ4n) is 0.143. The van der Waals surface area contributed by atoms with Crippen LogP contribution in [-0.4, -0.2) is 12.6 Å². The lowest BCUT2D eigenvalue weighted by Gasteiger charge is -1.95. The molecule has 3 N–H and O–H groups in total. The van der Waals surface area contributed by atoms with E-state index in [0.29, 0.717) is 6.54 Å². The molecular formula is C3H8N2O2. The molecule has 0 unspecified atom stereocenters. The molecule has 0 aliphatic rings. The van der Waals surface area contributed by atoms with E-state index in [2.05, 4.69) is 16.1 Å². The summed E-state index contributed by atoms with van der Waals surface area (Å²) in [5, 5.41) is 0. The Morgan fingerprint density at radius 1 is 2.00 bits per heavy atom. The number of hydroxylamine groups is 1. The monoisotopic (exact) mass is 104 g/mol. The van der Waals surface area contributed by atoms with Gasteiger partial charge in [-0.3, -0.25) is 0 Å². The van der Waals surface area contributed by atoms with Crippen LogP contribution in [-0.2, 0) is 4.84 Å². The predicted octanol–water partition coefficient (Wildman–Crippen LogP) is -0.394. The van der Waals surface area contributed by atoms with E-state index >= 15 is 0 Å². The van der Waals surface area contributed by atoms with Crippen LogP contribution in [0.3, 0.4) is 0 Å². The van der Waals surface area contributed by atoms with E-state index in [4.69, 9.17) is 0 Å². The average molecular weight is 104 g/mol. The zero-order valence-electron chi connectivity index (χ0n) is 4.10. The maximum Gasteiger partial charge on any atom is 0.423 e. The fraction of sp³-hybridized carbons (Fsp3) is 0.667. The van der Waals surface area contributed by atoms with E-state index in [1.807, 2.05) is 0 Å². The van der Waals surface area contributed by atoms with Gasteiger partial charge in [-0.05, 0) is 6.92 Å². The molecule has 7 heavy (non-hydrogen) atoms. The molecule has 0 spiro atoms. The van der Waals surface area contributed by atoms with Gasteiger partial charge in [-0.15, -0.1) is 0 Å². The second-order valence-corrected chi connectivity index (χ2v) is 0.919. The molecule has 0 saturated heterocycles. The Kier molecular flexibility index (Phi) is 3.04. The lowest BCUT2D eigenvalue weighted by atomic mass is 10.8. The van der Waals surface area contributed by atoms with Crippen molar-refractivity contribution in [2.24, 2.45) is 5.73 Å². The number of nitrogens with two attached hydrogens (primary N) is 1. The number of hydrogen-bond acceptors (Lipinski definition) is 3. The molecule has 0 atom stereocenters. The number of hydrogen-bond donors (Lipinski definition) is 2. The number of carbonyl (C=O) groups is 1. The van der Waals surface area contributed by atoms with Crippen molar-refractivity contribution in [1.29, 1.82) is 0 Å². The van der Waals surface area contributed by atoms with Gasteiger partial charge < -0.3 is 10.6 Å². The summed E-state index contributed by atoms with van der Waals surface area (Å²) in [4.78, 5) is 13.8. The van der Waals surface area contributed by atoms with E-state index in [1.165, 1.54) is 0 Å². The van der Waals surface area contributed by atoms with Crippen LogP contribution in [0.15, 0.2) is 0 Å². The Bertz CT molecular complexity index is 64.0. The van der Waals surface area contributed by atoms with Crippen molar-refractivity contribution in [3.05, 3.63) is 0 Å². The molecule has 4 heteroatoms. The molecule has 0 heterocycles. The molecule has 0 aliphatic heterocycles. The lowest BCUT2D eigenvalue weighted by Crippen LogP contribution is -2.23. The van der Waals surface area contributed by atoms with Gasteiger partial charge >= 0.3 is 6.09 Å².